The molecule has 0 saturated heterocycles. The van der Waals surface area contributed by atoms with Crippen molar-refractivity contribution in [1.82, 2.24) is 16.2 Å². The van der Waals surface area contributed by atoms with Crippen LogP contribution in [0.25, 0.3) is 0 Å². The molecule has 4 amide bonds. The van der Waals surface area contributed by atoms with Gasteiger partial charge < -0.3 is 15.1 Å². The van der Waals surface area contributed by atoms with Crippen molar-refractivity contribution in [3.63, 3.8) is 0 Å². The molecule has 2 atom stereocenters. The summed E-state index contributed by atoms with van der Waals surface area (Å²) in [5.74, 6) is -2.24. The minimum atomic E-state index is -0.928. The van der Waals surface area contributed by atoms with E-state index in [1.165, 1.54) is 18.4 Å². The standard InChI is InChI=1S/C25H26N4O5/c1-3-16(2)21(25(33)29-28-22(30)17-10-5-4-6-11-17)27-23(31)18-12-7-8-13-19(18)26-24(32)20-14-9-15-34-20/h4-16,21H,3H2,1-2H3,(H,26,32)(H,27,31)(H,28,30)(H,29,33)/t16-,21-/m0/s1. The molecule has 0 aliphatic carbocycles. The Morgan fingerprint density at radius 1 is 0.824 bits per heavy atom. The lowest BCUT2D eigenvalue weighted by atomic mass is 9.98. The third kappa shape index (κ3) is 6.10. The number of benzene rings is 2. The van der Waals surface area contributed by atoms with Crippen LogP contribution in [0.3, 0.4) is 0 Å². The fourth-order valence-electron chi connectivity index (χ4n) is 3.16. The summed E-state index contributed by atoms with van der Waals surface area (Å²) in [6, 6.07) is 17.0. The predicted molar refractivity (Wildman–Crippen MR) is 126 cm³/mol. The number of rotatable bonds is 8. The van der Waals surface area contributed by atoms with Gasteiger partial charge >= 0.3 is 0 Å². The zero-order chi connectivity index (χ0) is 24.5. The molecule has 1 heterocycles. The van der Waals surface area contributed by atoms with Gasteiger partial charge in [-0.2, -0.15) is 0 Å². The van der Waals surface area contributed by atoms with Crippen LogP contribution in [-0.2, 0) is 4.79 Å². The number of carbonyl (C=O) groups excluding carboxylic acids is 4. The molecule has 0 aliphatic heterocycles. The lowest BCUT2D eigenvalue weighted by Crippen LogP contribution is -2.54. The average molecular weight is 463 g/mol. The molecule has 0 spiro atoms. The number of furan rings is 1. The summed E-state index contributed by atoms with van der Waals surface area (Å²) in [4.78, 5) is 50.5. The van der Waals surface area contributed by atoms with Crippen LogP contribution in [0.2, 0.25) is 0 Å². The molecule has 0 unspecified atom stereocenters. The van der Waals surface area contributed by atoms with E-state index < -0.39 is 29.7 Å². The van der Waals surface area contributed by atoms with Crippen LogP contribution >= 0.6 is 0 Å². The van der Waals surface area contributed by atoms with Gasteiger partial charge in [-0.3, -0.25) is 30.0 Å². The lowest BCUT2D eigenvalue weighted by Gasteiger charge is -2.24. The summed E-state index contributed by atoms with van der Waals surface area (Å²) in [5.41, 5.74) is 5.58. The van der Waals surface area contributed by atoms with Crippen molar-refractivity contribution in [2.24, 2.45) is 5.92 Å². The van der Waals surface area contributed by atoms with Gasteiger partial charge in [0.2, 0.25) is 0 Å². The number of hydrazine groups is 1. The summed E-state index contributed by atoms with van der Waals surface area (Å²) in [6.45, 7) is 3.70. The smallest absolute Gasteiger partial charge is 0.291 e. The number of amides is 4. The Hall–Kier alpha value is -4.40. The van der Waals surface area contributed by atoms with Gasteiger partial charge in [0, 0.05) is 5.56 Å². The van der Waals surface area contributed by atoms with Crippen LogP contribution < -0.4 is 21.5 Å². The van der Waals surface area contributed by atoms with Crippen molar-refractivity contribution in [3.05, 3.63) is 89.9 Å². The number of hydrogen-bond acceptors (Lipinski definition) is 5. The van der Waals surface area contributed by atoms with Gasteiger partial charge in [-0.25, -0.2) is 0 Å². The highest BCUT2D eigenvalue weighted by Crippen LogP contribution is 2.18. The SMILES string of the molecule is CC[C@H](C)[C@H](NC(=O)c1ccccc1NC(=O)c1ccco1)C(=O)NNC(=O)c1ccccc1. The van der Waals surface area contributed by atoms with Gasteiger partial charge in [0.1, 0.15) is 6.04 Å². The van der Waals surface area contributed by atoms with Gasteiger partial charge in [0.25, 0.3) is 23.6 Å². The molecule has 0 radical (unpaired) electrons. The second-order valence-corrected chi connectivity index (χ2v) is 7.62. The highest BCUT2D eigenvalue weighted by Gasteiger charge is 2.28. The summed E-state index contributed by atoms with van der Waals surface area (Å²) < 4.78 is 5.09. The quantitative estimate of drug-likeness (QED) is 0.382. The van der Waals surface area contributed by atoms with Crippen molar-refractivity contribution in [2.45, 2.75) is 26.3 Å². The Balaban J connectivity index is 1.70. The van der Waals surface area contributed by atoms with E-state index in [4.69, 9.17) is 4.42 Å². The fourth-order valence-corrected chi connectivity index (χ4v) is 3.16. The van der Waals surface area contributed by atoms with E-state index in [0.29, 0.717) is 12.0 Å². The average Bonchev–Trinajstić information content (AvgIpc) is 3.41. The molecule has 34 heavy (non-hydrogen) atoms. The summed E-state index contributed by atoms with van der Waals surface area (Å²) >= 11 is 0. The fraction of sp³-hybridized carbons (Fsp3) is 0.200. The Labute approximate surface area is 196 Å². The Kier molecular flexibility index (Phi) is 8.17. The monoisotopic (exact) mass is 462 g/mol. The maximum absolute atomic E-state index is 13.1. The molecule has 0 bridgehead atoms. The van der Waals surface area contributed by atoms with Crippen molar-refractivity contribution < 1.29 is 23.6 Å². The van der Waals surface area contributed by atoms with Gasteiger partial charge in [0.05, 0.1) is 17.5 Å². The third-order valence-electron chi connectivity index (χ3n) is 5.28. The van der Waals surface area contributed by atoms with Crippen LogP contribution in [0.4, 0.5) is 5.69 Å². The highest BCUT2D eigenvalue weighted by molar-refractivity contribution is 6.08. The Bertz CT molecular complexity index is 1150. The first-order chi connectivity index (χ1) is 16.4. The van der Waals surface area contributed by atoms with Crippen molar-refractivity contribution >= 4 is 29.3 Å². The van der Waals surface area contributed by atoms with Gasteiger partial charge in [-0.1, -0.05) is 50.6 Å². The second-order valence-electron chi connectivity index (χ2n) is 7.62. The lowest BCUT2D eigenvalue weighted by molar-refractivity contribution is -0.124. The van der Waals surface area contributed by atoms with Gasteiger partial charge in [-0.05, 0) is 42.3 Å². The molecule has 0 saturated carbocycles. The third-order valence-corrected chi connectivity index (χ3v) is 5.28. The molecule has 3 rings (SSSR count). The zero-order valence-corrected chi connectivity index (χ0v) is 18.8. The summed E-state index contributed by atoms with van der Waals surface area (Å²) in [5, 5.41) is 5.37. The minimum absolute atomic E-state index is 0.0984. The first-order valence-electron chi connectivity index (χ1n) is 10.8. The van der Waals surface area contributed by atoms with E-state index in [2.05, 4.69) is 21.5 Å². The van der Waals surface area contributed by atoms with E-state index in [1.807, 2.05) is 13.8 Å². The topological polar surface area (TPSA) is 130 Å². The largest absolute Gasteiger partial charge is 0.459 e. The molecular formula is C25H26N4O5. The Morgan fingerprint density at radius 3 is 2.21 bits per heavy atom. The molecule has 9 heteroatoms. The maximum atomic E-state index is 13.1. The van der Waals surface area contributed by atoms with Gasteiger partial charge in [-0.15, -0.1) is 0 Å². The number of carbonyl (C=O) groups is 4. The number of hydrogen-bond donors (Lipinski definition) is 4. The second kappa shape index (κ2) is 11.5. The summed E-state index contributed by atoms with van der Waals surface area (Å²) in [6.07, 6.45) is 1.97. The van der Waals surface area contributed by atoms with Crippen molar-refractivity contribution in [2.75, 3.05) is 5.32 Å². The minimum Gasteiger partial charge on any atom is -0.459 e. The number of nitrogens with one attached hydrogen (secondary N) is 4. The molecule has 2 aromatic carbocycles. The zero-order valence-electron chi connectivity index (χ0n) is 18.8. The number of para-hydroxylation sites is 1. The Morgan fingerprint density at radius 2 is 1.53 bits per heavy atom. The highest BCUT2D eigenvalue weighted by atomic mass is 16.3. The molecular weight excluding hydrogens is 436 g/mol. The molecule has 4 N–H and O–H groups in total. The molecule has 0 fully saturated rings. The van der Waals surface area contributed by atoms with E-state index >= 15 is 0 Å². The molecule has 1 aromatic heterocycles. The molecule has 176 valence electrons. The van der Waals surface area contributed by atoms with E-state index in [9.17, 15) is 19.2 Å². The van der Waals surface area contributed by atoms with Crippen LogP contribution in [0.1, 0.15) is 51.5 Å². The van der Waals surface area contributed by atoms with E-state index in [-0.39, 0.29) is 22.9 Å². The van der Waals surface area contributed by atoms with Crippen LogP contribution in [0.5, 0.6) is 0 Å². The number of anilines is 1. The van der Waals surface area contributed by atoms with E-state index in [1.54, 1.807) is 54.6 Å². The van der Waals surface area contributed by atoms with E-state index in [0.717, 1.165) is 0 Å². The van der Waals surface area contributed by atoms with Crippen LogP contribution in [0.15, 0.2) is 77.4 Å². The van der Waals surface area contributed by atoms with Crippen molar-refractivity contribution in [1.29, 1.82) is 0 Å². The van der Waals surface area contributed by atoms with Crippen LogP contribution in [0, 0.1) is 5.92 Å². The predicted octanol–water partition coefficient (Wildman–Crippen LogP) is 3.14. The molecule has 3 aromatic rings. The normalized spacial score (nSPS) is 12.2. The van der Waals surface area contributed by atoms with Gasteiger partial charge in [0.15, 0.2) is 5.76 Å². The molecule has 0 aliphatic rings. The first-order valence-corrected chi connectivity index (χ1v) is 10.8. The summed E-state index contributed by atoms with van der Waals surface area (Å²) in [7, 11) is 0. The maximum Gasteiger partial charge on any atom is 0.291 e. The van der Waals surface area contributed by atoms with Crippen LogP contribution in [-0.4, -0.2) is 29.7 Å². The first kappa shape index (κ1) is 24.2. The van der Waals surface area contributed by atoms with Crippen molar-refractivity contribution in [3.8, 4) is 0 Å². The molecule has 9 nitrogen and oxygen atoms in total.